The van der Waals surface area contributed by atoms with Gasteiger partial charge in [0.2, 0.25) is 0 Å². The van der Waals surface area contributed by atoms with Crippen molar-refractivity contribution in [2.24, 2.45) is 0 Å². The van der Waals surface area contributed by atoms with Crippen LogP contribution in [0.2, 0.25) is 0 Å². The van der Waals surface area contributed by atoms with Crippen molar-refractivity contribution in [3.8, 4) is 0 Å². The summed E-state index contributed by atoms with van der Waals surface area (Å²) in [5.41, 5.74) is 0. The van der Waals surface area contributed by atoms with Crippen LogP contribution < -0.4 is 0 Å². The molecular formula is C69H130O6. The third kappa shape index (κ3) is 62.6. The van der Waals surface area contributed by atoms with Crippen LogP contribution in [0.5, 0.6) is 0 Å². The maximum absolute atomic E-state index is 12.9. The summed E-state index contributed by atoms with van der Waals surface area (Å²) < 4.78 is 17.0. The average Bonchev–Trinajstić information content (AvgIpc) is 3.41. The molecule has 75 heavy (non-hydrogen) atoms. The van der Waals surface area contributed by atoms with Crippen molar-refractivity contribution in [2.75, 3.05) is 13.2 Å². The molecule has 0 amide bonds. The summed E-state index contributed by atoms with van der Waals surface area (Å²) in [7, 11) is 0. The molecule has 0 radical (unpaired) electrons. The molecule has 0 N–H and O–H groups in total. The Bertz CT molecular complexity index is 1210. The van der Waals surface area contributed by atoms with Crippen LogP contribution in [0.1, 0.15) is 380 Å². The second-order valence-corrected chi connectivity index (χ2v) is 23.1. The zero-order valence-electron chi connectivity index (χ0n) is 50.8. The van der Waals surface area contributed by atoms with Crippen LogP contribution in [0.3, 0.4) is 0 Å². The fraction of sp³-hybridized carbons (Fsp3) is 0.899. The van der Waals surface area contributed by atoms with Gasteiger partial charge >= 0.3 is 17.9 Å². The first-order valence-electron chi connectivity index (χ1n) is 33.8. The molecule has 0 aromatic rings. The molecule has 0 aliphatic carbocycles. The SMILES string of the molecule is CCCCCC/C=C\C/C=C\CCCCCCCC(=O)OC(COC(=O)CCCCCCCCCCCCCCCCC)COC(=O)CCCCCCCCCCCCCCCCCCCCCCCCCCCC. The van der Waals surface area contributed by atoms with Crippen LogP contribution >= 0.6 is 0 Å². The molecule has 0 fully saturated rings. The zero-order valence-corrected chi connectivity index (χ0v) is 50.8. The summed E-state index contributed by atoms with van der Waals surface area (Å²) in [6.07, 6.45) is 77.7. The van der Waals surface area contributed by atoms with E-state index in [9.17, 15) is 14.4 Å². The van der Waals surface area contributed by atoms with E-state index in [1.165, 1.54) is 263 Å². The highest BCUT2D eigenvalue weighted by atomic mass is 16.6. The number of hydrogen-bond donors (Lipinski definition) is 0. The first-order valence-corrected chi connectivity index (χ1v) is 33.8. The summed E-state index contributed by atoms with van der Waals surface area (Å²) in [6, 6.07) is 0. The van der Waals surface area contributed by atoms with Crippen LogP contribution in [0.15, 0.2) is 24.3 Å². The van der Waals surface area contributed by atoms with E-state index >= 15 is 0 Å². The van der Waals surface area contributed by atoms with Crippen molar-refractivity contribution >= 4 is 17.9 Å². The lowest BCUT2D eigenvalue weighted by Crippen LogP contribution is -2.30. The number of rotatable bonds is 63. The lowest BCUT2D eigenvalue weighted by Gasteiger charge is -2.18. The van der Waals surface area contributed by atoms with Crippen LogP contribution in [-0.4, -0.2) is 37.2 Å². The van der Waals surface area contributed by atoms with Gasteiger partial charge < -0.3 is 14.2 Å². The van der Waals surface area contributed by atoms with Gasteiger partial charge in [-0.1, -0.05) is 334 Å². The molecule has 0 aliphatic heterocycles. The lowest BCUT2D eigenvalue weighted by atomic mass is 10.0. The number of carbonyl (C=O) groups is 3. The standard InChI is InChI=1S/C69H130O6/c1-4-7-10-13-16-19-22-25-28-30-31-32-33-34-35-36-37-38-39-42-44-47-50-53-56-59-62-68(71)74-65-66(64-73-67(70)61-58-55-52-49-46-43-40-27-24-21-18-15-12-9-6-3)75-69(72)63-60-57-54-51-48-45-41-29-26-23-20-17-14-11-8-5-2/h20,23,29,41,66H,4-19,21-22,24-28,30-40,42-65H2,1-3H3/b23-20-,41-29-. The minimum Gasteiger partial charge on any atom is -0.462 e. The molecule has 442 valence electrons. The van der Waals surface area contributed by atoms with Gasteiger partial charge in [-0.05, 0) is 51.4 Å². The second kappa shape index (κ2) is 64.4. The van der Waals surface area contributed by atoms with Crippen molar-refractivity contribution in [3.63, 3.8) is 0 Å². The van der Waals surface area contributed by atoms with Gasteiger partial charge in [0.15, 0.2) is 6.10 Å². The Morgan fingerprint density at radius 2 is 0.480 bits per heavy atom. The van der Waals surface area contributed by atoms with Gasteiger partial charge in [-0.25, -0.2) is 0 Å². The summed E-state index contributed by atoms with van der Waals surface area (Å²) in [5, 5.41) is 0. The highest BCUT2D eigenvalue weighted by molar-refractivity contribution is 5.71. The maximum atomic E-state index is 12.9. The molecule has 0 rings (SSSR count). The van der Waals surface area contributed by atoms with Crippen molar-refractivity contribution in [2.45, 2.75) is 386 Å². The van der Waals surface area contributed by atoms with E-state index in [-0.39, 0.29) is 31.1 Å². The quantitative estimate of drug-likeness (QED) is 0.0261. The van der Waals surface area contributed by atoms with Gasteiger partial charge in [0, 0.05) is 19.3 Å². The normalized spacial score (nSPS) is 12.1. The molecule has 1 atom stereocenters. The molecule has 0 saturated carbocycles. The van der Waals surface area contributed by atoms with Gasteiger partial charge in [0.1, 0.15) is 13.2 Å². The molecule has 0 saturated heterocycles. The molecule has 0 aromatic carbocycles. The van der Waals surface area contributed by atoms with E-state index in [1.54, 1.807) is 0 Å². The Kier molecular flexibility index (Phi) is 62.6. The summed E-state index contributed by atoms with van der Waals surface area (Å²) in [6.45, 7) is 6.69. The number of carbonyl (C=O) groups excluding carboxylic acids is 3. The van der Waals surface area contributed by atoms with Gasteiger partial charge in [0.25, 0.3) is 0 Å². The number of ether oxygens (including phenoxy) is 3. The Morgan fingerprint density at radius 3 is 0.747 bits per heavy atom. The van der Waals surface area contributed by atoms with Crippen LogP contribution in [0.4, 0.5) is 0 Å². The number of esters is 3. The molecule has 0 spiro atoms. The summed E-state index contributed by atoms with van der Waals surface area (Å²) in [4.78, 5) is 38.3. The minimum atomic E-state index is -0.775. The number of allylic oxidation sites excluding steroid dienone is 4. The molecule has 6 nitrogen and oxygen atoms in total. The first kappa shape index (κ1) is 72.9. The van der Waals surface area contributed by atoms with E-state index in [1.807, 2.05) is 0 Å². The Balaban J connectivity index is 4.22. The lowest BCUT2D eigenvalue weighted by molar-refractivity contribution is -0.167. The largest absolute Gasteiger partial charge is 0.462 e. The second-order valence-electron chi connectivity index (χ2n) is 23.1. The predicted octanol–water partition coefficient (Wildman–Crippen LogP) is 23.0. The third-order valence-corrected chi connectivity index (χ3v) is 15.5. The van der Waals surface area contributed by atoms with Gasteiger partial charge in [-0.15, -0.1) is 0 Å². The van der Waals surface area contributed by atoms with Crippen molar-refractivity contribution < 1.29 is 28.6 Å². The molecule has 1 unspecified atom stereocenters. The van der Waals surface area contributed by atoms with Crippen LogP contribution in [-0.2, 0) is 28.6 Å². The fourth-order valence-corrected chi connectivity index (χ4v) is 10.4. The Morgan fingerprint density at radius 1 is 0.267 bits per heavy atom. The molecule has 0 aromatic heterocycles. The first-order chi connectivity index (χ1) is 37.0. The smallest absolute Gasteiger partial charge is 0.306 e. The van der Waals surface area contributed by atoms with Gasteiger partial charge in [0.05, 0.1) is 0 Å². The minimum absolute atomic E-state index is 0.0709. The Labute approximate surface area is 468 Å². The average molecular weight is 1060 g/mol. The molecule has 0 aliphatic rings. The van der Waals surface area contributed by atoms with E-state index in [0.717, 1.165) is 77.0 Å². The molecule has 0 heterocycles. The molecule has 6 heteroatoms. The topological polar surface area (TPSA) is 78.9 Å². The highest BCUT2D eigenvalue weighted by Gasteiger charge is 2.19. The van der Waals surface area contributed by atoms with E-state index in [0.29, 0.717) is 19.3 Å². The van der Waals surface area contributed by atoms with E-state index < -0.39 is 6.10 Å². The van der Waals surface area contributed by atoms with Gasteiger partial charge in [-0.3, -0.25) is 14.4 Å². The maximum Gasteiger partial charge on any atom is 0.306 e. The van der Waals surface area contributed by atoms with Crippen molar-refractivity contribution in [3.05, 3.63) is 24.3 Å². The van der Waals surface area contributed by atoms with E-state index in [4.69, 9.17) is 14.2 Å². The van der Waals surface area contributed by atoms with E-state index in [2.05, 4.69) is 45.1 Å². The number of unbranched alkanes of at least 4 members (excludes halogenated alkanes) is 48. The molecular weight excluding hydrogens is 925 g/mol. The highest BCUT2D eigenvalue weighted by Crippen LogP contribution is 2.18. The van der Waals surface area contributed by atoms with Crippen molar-refractivity contribution in [1.82, 2.24) is 0 Å². The van der Waals surface area contributed by atoms with Gasteiger partial charge in [-0.2, -0.15) is 0 Å². The molecule has 0 bridgehead atoms. The predicted molar refractivity (Wildman–Crippen MR) is 326 cm³/mol. The Hall–Kier alpha value is -2.11. The monoisotopic (exact) mass is 1050 g/mol. The third-order valence-electron chi connectivity index (χ3n) is 15.5. The van der Waals surface area contributed by atoms with Crippen LogP contribution in [0.25, 0.3) is 0 Å². The fourth-order valence-electron chi connectivity index (χ4n) is 10.4. The van der Waals surface area contributed by atoms with Crippen molar-refractivity contribution in [1.29, 1.82) is 0 Å². The van der Waals surface area contributed by atoms with Crippen LogP contribution in [0, 0.1) is 0 Å². The summed E-state index contributed by atoms with van der Waals surface area (Å²) in [5.74, 6) is -0.855. The number of hydrogen-bond acceptors (Lipinski definition) is 6. The zero-order chi connectivity index (χ0) is 54.3. The summed E-state index contributed by atoms with van der Waals surface area (Å²) >= 11 is 0.